The molecule has 1 aromatic carbocycles. The highest BCUT2D eigenvalue weighted by Crippen LogP contribution is 2.32. The van der Waals surface area contributed by atoms with E-state index >= 15 is 0 Å². The van der Waals surface area contributed by atoms with Gasteiger partial charge in [0.25, 0.3) is 0 Å². The van der Waals surface area contributed by atoms with Gasteiger partial charge in [0.05, 0.1) is 0 Å². The summed E-state index contributed by atoms with van der Waals surface area (Å²) in [4.78, 5) is 40.0. The third-order valence-corrected chi connectivity index (χ3v) is 5.13. The first-order valence-corrected chi connectivity index (χ1v) is 9.26. The van der Waals surface area contributed by atoms with Gasteiger partial charge in [-0.3, -0.25) is 14.9 Å². The zero-order valence-corrected chi connectivity index (χ0v) is 14.8. The van der Waals surface area contributed by atoms with Crippen molar-refractivity contribution in [3.8, 4) is 0 Å². The zero-order chi connectivity index (χ0) is 18.5. The van der Waals surface area contributed by atoms with Crippen LogP contribution in [0.3, 0.4) is 0 Å². The van der Waals surface area contributed by atoms with Crippen LogP contribution in [0.1, 0.15) is 37.2 Å². The smallest absolute Gasteiger partial charge is 0.325 e. The Morgan fingerprint density at radius 3 is 2.38 bits per heavy atom. The summed E-state index contributed by atoms with van der Waals surface area (Å²) in [5.74, 6) is -2.68. The number of thiazole rings is 1. The van der Waals surface area contributed by atoms with Crippen LogP contribution in [-0.2, 0) is 9.59 Å². The van der Waals surface area contributed by atoms with Gasteiger partial charge in [-0.25, -0.2) is 9.78 Å². The molecule has 26 heavy (non-hydrogen) atoms. The zero-order valence-electron chi connectivity index (χ0n) is 14.0. The molecule has 1 aromatic heterocycles. The summed E-state index contributed by atoms with van der Waals surface area (Å²) < 4.78 is 0. The highest BCUT2D eigenvalue weighted by atomic mass is 32.1. The molecule has 0 spiro atoms. The molecule has 2 amide bonds. The molecule has 1 atom stereocenters. The molecule has 0 bridgehead atoms. The summed E-state index contributed by atoms with van der Waals surface area (Å²) in [6, 6.07) is 5.89. The molecule has 3 rings (SSSR count). The van der Waals surface area contributed by atoms with E-state index in [-0.39, 0.29) is 11.7 Å². The number of amides is 2. The first-order valence-electron chi connectivity index (χ1n) is 8.38. The molecule has 1 saturated carbocycles. The average molecular weight is 373 g/mol. The number of carboxylic acids is 1. The number of urea groups is 1. The fraction of sp³-hybridized carbons (Fsp3) is 0.333. The Labute approximate surface area is 154 Å². The summed E-state index contributed by atoms with van der Waals surface area (Å²) >= 11 is 1.30. The SMILES string of the molecule is O=C(Nc1ccc(C(C(=O)O)C(=O)C2CCCC2)cc1)Nc1nccs1. The Morgan fingerprint density at radius 2 is 1.81 bits per heavy atom. The van der Waals surface area contributed by atoms with E-state index in [2.05, 4.69) is 15.6 Å². The number of aliphatic carboxylic acids is 1. The summed E-state index contributed by atoms with van der Waals surface area (Å²) in [5, 5.41) is 17.0. The van der Waals surface area contributed by atoms with Crippen molar-refractivity contribution in [2.45, 2.75) is 31.6 Å². The Kier molecular flexibility index (Phi) is 5.62. The van der Waals surface area contributed by atoms with Crippen molar-refractivity contribution in [3.63, 3.8) is 0 Å². The lowest BCUT2D eigenvalue weighted by atomic mass is 9.86. The number of rotatable bonds is 6. The van der Waals surface area contributed by atoms with E-state index < -0.39 is 17.9 Å². The van der Waals surface area contributed by atoms with Crippen LogP contribution in [0.25, 0.3) is 0 Å². The largest absolute Gasteiger partial charge is 0.480 e. The number of aromatic nitrogens is 1. The number of carboxylic acid groups (broad SMARTS) is 1. The van der Waals surface area contributed by atoms with Crippen molar-refractivity contribution < 1.29 is 19.5 Å². The van der Waals surface area contributed by atoms with Crippen LogP contribution >= 0.6 is 11.3 Å². The van der Waals surface area contributed by atoms with E-state index in [9.17, 15) is 19.5 Å². The Bertz CT molecular complexity index is 783. The first kappa shape index (κ1) is 18.1. The first-order chi connectivity index (χ1) is 12.5. The number of Topliss-reactive ketones (excluding diaryl/α,β-unsaturated/α-hetero) is 1. The number of ketones is 1. The topological polar surface area (TPSA) is 108 Å². The number of carbonyl (C=O) groups excluding carboxylic acids is 2. The molecule has 3 N–H and O–H groups in total. The van der Waals surface area contributed by atoms with Crippen molar-refractivity contribution >= 4 is 39.9 Å². The van der Waals surface area contributed by atoms with E-state index in [1.165, 1.54) is 11.3 Å². The lowest BCUT2D eigenvalue weighted by Gasteiger charge is -2.16. The number of nitrogens with one attached hydrogen (secondary N) is 2. The van der Waals surface area contributed by atoms with Crippen LogP contribution in [0.4, 0.5) is 15.6 Å². The highest BCUT2D eigenvalue weighted by molar-refractivity contribution is 7.13. The Balaban J connectivity index is 1.67. The fourth-order valence-corrected chi connectivity index (χ4v) is 3.70. The van der Waals surface area contributed by atoms with Gasteiger partial charge in [-0.15, -0.1) is 11.3 Å². The molecular weight excluding hydrogens is 354 g/mol. The third-order valence-electron chi connectivity index (χ3n) is 4.44. The maximum absolute atomic E-state index is 12.6. The molecule has 2 aromatic rings. The maximum atomic E-state index is 12.6. The van der Waals surface area contributed by atoms with Crippen LogP contribution in [0.5, 0.6) is 0 Å². The van der Waals surface area contributed by atoms with Gasteiger partial charge in [0.2, 0.25) is 0 Å². The van der Waals surface area contributed by atoms with E-state index in [1.54, 1.807) is 35.8 Å². The minimum absolute atomic E-state index is 0.169. The monoisotopic (exact) mass is 373 g/mol. The number of carbonyl (C=O) groups is 3. The second-order valence-electron chi connectivity index (χ2n) is 6.19. The second kappa shape index (κ2) is 8.09. The fourth-order valence-electron chi connectivity index (χ4n) is 3.18. The van der Waals surface area contributed by atoms with Crippen molar-refractivity contribution in [3.05, 3.63) is 41.4 Å². The van der Waals surface area contributed by atoms with Crippen molar-refractivity contribution in [1.29, 1.82) is 0 Å². The van der Waals surface area contributed by atoms with Crippen LogP contribution in [0.15, 0.2) is 35.8 Å². The van der Waals surface area contributed by atoms with Gasteiger partial charge in [-0.1, -0.05) is 25.0 Å². The van der Waals surface area contributed by atoms with Crippen LogP contribution in [0.2, 0.25) is 0 Å². The van der Waals surface area contributed by atoms with Crippen molar-refractivity contribution in [1.82, 2.24) is 4.98 Å². The maximum Gasteiger partial charge on any atom is 0.325 e. The molecule has 7 nitrogen and oxygen atoms in total. The van der Waals surface area contributed by atoms with Crippen LogP contribution in [-0.4, -0.2) is 27.9 Å². The van der Waals surface area contributed by atoms with Crippen LogP contribution in [0, 0.1) is 5.92 Å². The predicted molar refractivity (Wildman–Crippen MR) is 98.5 cm³/mol. The molecule has 1 aliphatic carbocycles. The Morgan fingerprint density at radius 1 is 1.12 bits per heavy atom. The second-order valence-corrected chi connectivity index (χ2v) is 7.09. The summed E-state index contributed by atoms with van der Waals surface area (Å²) in [7, 11) is 0. The molecule has 136 valence electrons. The quantitative estimate of drug-likeness (QED) is 0.669. The normalized spacial score (nSPS) is 15.4. The molecule has 0 saturated heterocycles. The summed E-state index contributed by atoms with van der Waals surface area (Å²) in [6.07, 6.45) is 5.06. The number of benzene rings is 1. The predicted octanol–water partition coefficient (Wildman–Crippen LogP) is 3.71. The van der Waals surface area contributed by atoms with E-state index in [0.29, 0.717) is 16.4 Å². The van der Waals surface area contributed by atoms with Crippen molar-refractivity contribution in [2.75, 3.05) is 10.6 Å². The molecule has 1 aliphatic rings. The van der Waals surface area contributed by atoms with Gasteiger partial charge < -0.3 is 10.4 Å². The highest BCUT2D eigenvalue weighted by Gasteiger charge is 2.34. The minimum atomic E-state index is -1.16. The molecule has 8 heteroatoms. The minimum Gasteiger partial charge on any atom is -0.480 e. The number of anilines is 2. The summed E-state index contributed by atoms with van der Waals surface area (Å²) in [6.45, 7) is 0. The number of hydrogen-bond acceptors (Lipinski definition) is 5. The number of hydrogen-bond donors (Lipinski definition) is 3. The molecule has 0 radical (unpaired) electrons. The molecule has 1 fully saturated rings. The summed E-state index contributed by atoms with van der Waals surface area (Å²) in [5.41, 5.74) is 0.931. The van der Waals surface area contributed by atoms with E-state index in [0.717, 1.165) is 25.7 Å². The van der Waals surface area contributed by atoms with Gasteiger partial charge in [-0.05, 0) is 30.5 Å². The molecular formula is C18H19N3O4S. The third kappa shape index (κ3) is 4.26. The van der Waals surface area contributed by atoms with Gasteiger partial charge in [0, 0.05) is 23.2 Å². The van der Waals surface area contributed by atoms with Crippen LogP contribution < -0.4 is 10.6 Å². The van der Waals surface area contributed by atoms with Crippen molar-refractivity contribution in [2.24, 2.45) is 5.92 Å². The standard InChI is InChI=1S/C18H19N3O4S/c22-15(12-3-1-2-4-12)14(16(23)24)11-5-7-13(8-6-11)20-17(25)21-18-19-9-10-26-18/h5-10,12,14H,1-4H2,(H,23,24)(H2,19,20,21,25). The van der Waals surface area contributed by atoms with Gasteiger partial charge >= 0.3 is 12.0 Å². The molecule has 1 unspecified atom stereocenters. The molecule has 1 heterocycles. The lowest BCUT2D eigenvalue weighted by Crippen LogP contribution is -2.27. The van der Waals surface area contributed by atoms with Gasteiger partial charge in [0.1, 0.15) is 5.92 Å². The van der Waals surface area contributed by atoms with E-state index in [4.69, 9.17) is 0 Å². The number of nitrogens with zero attached hydrogens (tertiary/aromatic N) is 1. The van der Waals surface area contributed by atoms with E-state index in [1.807, 2.05) is 0 Å². The van der Waals surface area contributed by atoms with Gasteiger partial charge in [-0.2, -0.15) is 0 Å². The molecule has 0 aliphatic heterocycles. The van der Waals surface area contributed by atoms with Gasteiger partial charge in [0.15, 0.2) is 10.9 Å². The average Bonchev–Trinajstić information content (AvgIpc) is 3.29. The lowest BCUT2D eigenvalue weighted by molar-refractivity contribution is -0.143. The Hall–Kier alpha value is -2.74.